The number of amides is 1. The average Bonchev–Trinajstić information content (AvgIpc) is 3.46. The van der Waals surface area contributed by atoms with Gasteiger partial charge in [0.1, 0.15) is 0 Å². The molecule has 4 aromatic carbocycles. The predicted molar refractivity (Wildman–Crippen MR) is 148 cm³/mol. The Bertz CT molecular complexity index is 1830. The molecule has 5 aromatic rings. The number of aromatic nitrogens is 1. The van der Waals surface area contributed by atoms with Gasteiger partial charge in [-0.05, 0) is 41.0 Å². The highest BCUT2D eigenvalue weighted by Gasteiger charge is 2.49. The van der Waals surface area contributed by atoms with Gasteiger partial charge in [-0.2, -0.15) is 0 Å². The van der Waals surface area contributed by atoms with Gasteiger partial charge in [-0.1, -0.05) is 84.9 Å². The summed E-state index contributed by atoms with van der Waals surface area (Å²) in [6.45, 7) is 0. The lowest BCUT2D eigenvalue weighted by Gasteiger charge is -2.26. The Morgan fingerprint density at radius 1 is 0.789 bits per heavy atom. The number of rotatable bonds is 5. The number of guanidine groups is 1. The number of nitrogens with two attached hydrogens (primary N) is 1. The van der Waals surface area contributed by atoms with E-state index < -0.39 is 15.6 Å². The van der Waals surface area contributed by atoms with Crippen molar-refractivity contribution in [2.24, 2.45) is 10.7 Å². The number of fused-ring (bicyclic) bond motifs is 1. The van der Waals surface area contributed by atoms with Crippen molar-refractivity contribution in [2.45, 2.75) is 10.4 Å². The first-order valence-corrected chi connectivity index (χ1v) is 13.5. The molecule has 1 aromatic heterocycles. The van der Waals surface area contributed by atoms with Crippen LogP contribution in [0.1, 0.15) is 11.1 Å². The molecule has 1 unspecified atom stereocenters. The second-order valence-electron chi connectivity index (χ2n) is 9.17. The summed E-state index contributed by atoms with van der Waals surface area (Å²) in [5.41, 5.74) is 8.17. The van der Waals surface area contributed by atoms with Crippen molar-refractivity contribution in [3.8, 4) is 11.1 Å². The summed E-state index contributed by atoms with van der Waals surface area (Å²) in [6, 6.07) is 32.5. The van der Waals surface area contributed by atoms with Gasteiger partial charge in [0.25, 0.3) is 15.9 Å². The minimum absolute atomic E-state index is 0.134. The molecule has 0 saturated carbocycles. The number of hydrogen-bond donors (Lipinski definition) is 1. The van der Waals surface area contributed by atoms with E-state index in [1.807, 2.05) is 72.8 Å². The van der Waals surface area contributed by atoms with Crippen LogP contribution in [0, 0.1) is 0 Å². The quantitative estimate of drug-likeness (QED) is 0.367. The third-order valence-corrected chi connectivity index (χ3v) is 8.69. The number of carbonyl (C=O) groups excluding carboxylic acids is 1. The maximum Gasteiger partial charge on any atom is 0.268 e. The molecular weight excluding hydrogens is 496 g/mol. The van der Waals surface area contributed by atoms with Gasteiger partial charge in [0.2, 0.25) is 0 Å². The molecule has 0 bridgehead atoms. The lowest BCUT2D eigenvalue weighted by atomic mass is 9.82. The third kappa shape index (κ3) is 3.45. The van der Waals surface area contributed by atoms with Crippen LogP contribution in [-0.4, -0.2) is 36.2 Å². The van der Waals surface area contributed by atoms with Crippen LogP contribution in [0.25, 0.3) is 22.0 Å². The van der Waals surface area contributed by atoms with Crippen molar-refractivity contribution in [3.63, 3.8) is 0 Å². The lowest BCUT2D eigenvalue weighted by Crippen LogP contribution is -2.41. The Hall–Kier alpha value is -4.69. The summed E-state index contributed by atoms with van der Waals surface area (Å²) < 4.78 is 28.5. The van der Waals surface area contributed by atoms with Crippen LogP contribution in [-0.2, 0) is 20.4 Å². The first-order chi connectivity index (χ1) is 18.3. The Morgan fingerprint density at radius 2 is 1.42 bits per heavy atom. The van der Waals surface area contributed by atoms with Crippen LogP contribution in [0.15, 0.2) is 125 Å². The molecule has 1 atom stereocenters. The lowest BCUT2D eigenvalue weighted by molar-refractivity contribution is -0.129. The maximum absolute atomic E-state index is 13.6. The molecule has 0 fully saturated rings. The van der Waals surface area contributed by atoms with E-state index in [1.165, 1.54) is 8.87 Å². The molecule has 2 N–H and O–H groups in total. The Morgan fingerprint density at radius 3 is 2.11 bits per heavy atom. The Kier molecular flexibility index (Phi) is 5.43. The zero-order valence-electron chi connectivity index (χ0n) is 20.5. The number of para-hydroxylation sites is 1. The van der Waals surface area contributed by atoms with Gasteiger partial charge in [-0.25, -0.2) is 17.4 Å². The summed E-state index contributed by atoms with van der Waals surface area (Å²) in [4.78, 5) is 19.9. The normalized spacial score (nSPS) is 17.7. The standard InChI is InChI=1S/C30H24N4O3S/c1-33-28(35)30(32-29(33)31,22-12-4-2-5-13-22)23-14-10-11-21(19-23)26-20-34(27-18-9-8-17-25(26)27)38(36,37)24-15-6-3-7-16-24/h2-20H,1H3,(H2,31,32). The molecule has 0 spiro atoms. The maximum atomic E-state index is 13.6. The summed E-state index contributed by atoms with van der Waals surface area (Å²) in [5, 5.41) is 0.774. The van der Waals surface area contributed by atoms with Gasteiger partial charge in [-0.3, -0.25) is 9.69 Å². The fourth-order valence-electron chi connectivity index (χ4n) is 5.06. The molecule has 1 aliphatic rings. The number of hydrogen-bond acceptors (Lipinski definition) is 5. The monoisotopic (exact) mass is 520 g/mol. The van der Waals surface area contributed by atoms with Crippen LogP contribution in [0.3, 0.4) is 0 Å². The van der Waals surface area contributed by atoms with E-state index in [9.17, 15) is 13.2 Å². The van der Waals surface area contributed by atoms with Crippen molar-refractivity contribution in [2.75, 3.05) is 7.05 Å². The Labute approximate surface area is 220 Å². The van der Waals surface area contributed by atoms with Gasteiger partial charge >= 0.3 is 0 Å². The molecule has 0 saturated heterocycles. The minimum Gasteiger partial charge on any atom is -0.369 e. The highest BCUT2D eigenvalue weighted by atomic mass is 32.2. The highest BCUT2D eigenvalue weighted by Crippen LogP contribution is 2.41. The van der Waals surface area contributed by atoms with E-state index in [0.29, 0.717) is 16.6 Å². The summed E-state index contributed by atoms with van der Waals surface area (Å²) in [6.07, 6.45) is 1.64. The third-order valence-electron chi connectivity index (χ3n) is 7.00. The van der Waals surface area contributed by atoms with E-state index in [1.54, 1.807) is 49.6 Å². The van der Waals surface area contributed by atoms with Crippen molar-refractivity contribution in [1.82, 2.24) is 8.87 Å². The van der Waals surface area contributed by atoms with Crippen LogP contribution in [0.4, 0.5) is 0 Å². The SMILES string of the molecule is CN1C(=O)C(c2ccccc2)(c2cccc(-c3cn(S(=O)(=O)c4ccccc4)c4ccccc34)c2)N=C1N. The molecule has 0 aliphatic carbocycles. The average molecular weight is 521 g/mol. The summed E-state index contributed by atoms with van der Waals surface area (Å²) in [5.74, 6) is -0.123. The minimum atomic E-state index is -3.84. The molecule has 38 heavy (non-hydrogen) atoms. The van der Waals surface area contributed by atoms with Crippen LogP contribution < -0.4 is 5.73 Å². The molecule has 8 heteroatoms. The number of aliphatic imine (C=N–C) groups is 1. The molecular formula is C30H24N4O3S. The largest absolute Gasteiger partial charge is 0.369 e. The molecule has 2 heterocycles. The van der Waals surface area contributed by atoms with E-state index in [2.05, 4.69) is 4.99 Å². The molecule has 6 rings (SSSR count). The van der Waals surface area contributed by atoms with Crippen molar-refractivity contribution in [1.29, 1.82) is 0 Å². The Balaban J connectivity index is 1.57. The second kappa shape index (κ2) is 8.71. The van der Waals surface area contributed by atoms with Gasteiger partial charge < -0.3 is 5.73 Å². The van der Waals surface area contributed by atoms with E-state index in [-0.39, 0.29) is 16.8 Å². The molecule has 188 valence electrons. The van der Waals surface area contributed by atoms with Gasteiger partial charge in [-0.15, -0.1) is 0 Å². The van der Waals surface area contributed by atoms with Crippen LogP contribution >= 0.6 is 0 Å². The van der Waals surface area contributed by atoms with Crippen LogP contribution in [0.5, 0.6) is 0 Å². The van der Waals surface area contributed by atoms with E-state index in [4.69, 9.17) is 5.73 Å². The van der Waals surface area contributed by atoms with E-state index in [0.717, 1.165) is 16.5 Å². The smallest absolute Gasteiger partial charge is 0.268 e. The molecule has 0 radical (unpaired) electrons. The first-order valence-electron chi connectivity index (χ1n) is 12.0. The van der Waals surface area contributed by atoms with Crippen LogP contribution in [0.2, 0.25) is 0 Å². The van der Waals surface area contributed by atoms with Crippen molar-refractivity contribution >= 4 is 32.8 Å². The fourth-order valence-corrected chi connectivity index (χ4v) is 6.45. The molecule has 1 amide bonds. The number of nitrogens with zero attached hydrogens (tertiary/aromatic N) is 3. The predicted octanol–water partition coefficient (Wildman–Crippen LogP) is 4.58. The van der Waals surface area contributed by atoms with E-state index >= 15 is 0 Å². The number of carbonyl (C=O) groups is 1. The second-order valence-corrected chi connectivity index (χ2v) is 11.0. The summed E-state index contributed by atoms with van der Waals surface area (Å²) in [7, 11) is -2.23. The van der Waals surface area contributed by atoms with Gasteiger partial charge in [0, 0.05) is 24.2 Å². The molecule has 1 aliphatic heterocycles. The van der Waals surface area contributed by atoms with Crippen molar-refractivity contribution in [3.05, 3.63) is 127 Å². The highest BCUT2D eigenvalue weighted by molar-refractivity contribution is 7.90. The zero-order chi connectivity index (χ0) is 26.5. The topological polar surface area (TPSA) is 97.8 Å². The number of benzene rings is 4. The summed E-state index contributed by atoms with van der Waals surface area (Å²) >= 11 is 0. The number of likely N-dealkylation sites (N-methyl/N-ethyl adjacent to an activating group) is 1. The molecule has 7 nitrogen and oxygen atoms in total. The van der Waals surface area contributed by atoms with Gasteiger partial charge in [0.05, 0.1) is 10.4 Å². The first kappa shape index (κ1) is 23.7. The zero-order valence-corrected chi connectivity index (χ0v) is 21.3. The fraction of sp³-hybridized carbons (Fsp3) is 0.0667. The van der Waals surface area contributed by atoms with Crippen molar-refractivity contribution < 1.29 is 13.2 Å². The van der Waals surface area contributed by atoms with Gasteiger partial charge in [0.15, 0.2) is 11.5 Å².